The highest BCUT2D eigenvalue weighted by atomic mass is 35.5. The Hall–Kier alpha value is -2.04. The van der Waals surface area contributed by atoms with Gasteiger partial charge in [-0.15, -0.1) is 23.2 Å². The van der Waals surface area contributed by atoms with Gasteiger partial charge in [0.05, 0.1) is 16.7 Å². The molecule has 0 fully saturated rings. The lowest BCUT2D eigenvalue weighted by atomic mass is 10.1. The number of alkyl halides is 2. The first kappa shape index (κ1) is 19.7. The molecular weight excluding hydrogens is 379 g/mol. The number of nitrogens with one attached hydrogen (secondary N) is 1. The Morgan fingerprint density at radius 3 is 2.56 bits per heavy atom. The summed E-state index contributed by atoms with van der Waals surface area (Å²) in [7, 11) is 0. The van der Waals surface area contributed by atoms with Gasteiger partial charge >= 0.3 is 0 Å². The van der Waals surface area contributed by atoms with Gasteiger partial charge in [0.15, 0.2) is 0 Å². The first-order valence-electron chi connectivity index (χ1n) is 9.15. The molecule has 0 amide bonds. The van der Waals surface area contributed by atoms with Crippen molar-refractivity contribution in [3.63, 3.8) is 0 Å². The van der Waals surface area contributed by atoms with Gasteiger partial charge in [0, 0.05) is 43.2 Å². The van der Waals surface area contributed by atoms with Crippen LogP contribution < -0.4 is 4.90 Å². The Morgan fingerprint density at radius 1 is 1.11 bits per heavy atom. The van der Waals surface area contributed by atoms with E-state index >= 15 is 0 Å². The number of imidazole rings is 1. The third-order valence-corrected chi connectivity index (χ3v) is 4.87. The van der Waals surface area contributed by atoms with E-state index in [1.807, 2.05) is 24.4 Å². The minimum absolute atomic E-state index is 0.578. The fourth-order valence-electron chi connectivity index (χ4n) is 3.02. The summed E-state index contributed by atoms with van der Waals surface area (Å²) in [5.74, 6) is 2.15. The first-order chi connectivity index (χ1) is 13.1. The summed E-state index contributed by atoms with van der Waals surface area (Å²) in [6.45, 7) is 5.75. The summed E-state index contributed by atoms with van der Waals surface area (Å²) in [5.41, 5.74) is 6.30. The average molecular weight is 403 g/mol. The molecule has 0 saturated carbocycles. The highest BCUT2D eigenvalue weighted by Gasteiger charge is 2.07. The molecule has 2 aromatic carbocycles. The van der Waals surface area contributed by atoms with Crippen molar-refractivity contribution in [3.8, 4) is 0 Å². The molecule has 6 heteroatoms. The van der Waals surface area contributed by atoms with Crippen LogP contribution in [0.2, 0.25) is 0 Å². The number of rotatable bonds is 8. The third kappa shape index (κ3) is 4.82. The van der Waals surface area contributed by atoms with Crippen LogP contribution in [0.25, 0.3) is 11.0 Å². The minimum Gasteiger partial charge on any atom is -0.369 e. The standard InChI is InChI=1S/C21H24Cl2N4/c1-3-21-25-19-7-5-17(13-20(19)26-21)24-14-16-4-6-18(12-15(16)2)27(10-8-22)11-9-23/h4-7,12-14H,3,8-11H2,1-2H3,(H,25,26). The van der Waals surface area contributed by atoms with E-state index in [0.29, 0.717) is 11.8 Å². The molecule has 0 aliphatic heterocycles. The Morgan fingerprint density at radius 2 is 1.89 bits per heavy atom. The lowest BCUT2D eigenvalue weighted by Gasteiger charge is -2.23. The Labute approximate surface area is 170 Å². The zero-order valence-corrected chi connectivity index (χ0v) is 17.2. The molecule has 0 atom stereocenters. The maximum Gasteiger partial charge on any atom is 0.106 e. The van der Waals surface area contributed by atoms with Crippen LogP contribution >= 0.6 is 23.2 Å². The number of H-pyrrole nitrogens is 1. The number of nitrogens with zero attached hydrogens (tertiary/aromatic N) is 3. The molecule has 0 aliphatic rings. The van der Waals surface area contributed by atoms with Crippen molar-refractivity contribution in [2.24, 2.45) is 4.99 Å². The fraction of sp³-hybridized carbons (Fsp3) is 0.333. The van der Waals surface area contributed by atoms with Crippen LogP contribution in [0.15, 0.2) is 41.4 Å². The molecule has 0 bridgehead atoms. The van der Waals surface area contributed by atoms with E-state index in [-0.39, 0.29) is 0 Å². The second kappa shape index (κ2) is 9.25. The highest BCUT2D eigenvalue weighted by Crippen LogP contribution is 2.22. The molecule has 4 nitrogen and oxygen atoms in total. The molecule has 1 heterocycles. The van der Waals surface area contributed by atoms with Gasteiger partial charge < -0.3 is 9.88 Å². The van der Waals surface area contributed by atoms with Crippen LogP contribution in [-0.2, 0) is 6.42 Å². The molecule has 1 N–H and O–H groups in total. The van der Waals surface area contributed by atoms with E-state index in [9.17, 15) is 0 Å². The summed E-state index contributed by atoms with van der Waals surface area (Å²) in [6.07, 6.45) is 2.80. The van der Waals surface area contributed by atoms with Crippen LogP contribution in [0.5, 0.6) is 0 Å². The molecule has 0 saturated heterocycles. The molecule has 0 unspecified atom stereocenters. The second-order valence-corrected chi connectivity index (χ2v) is 7.16. The lowest BCUT2D eigenvalue weighted by molar-refractivity contribution is 0.873. The summed E-state index contributed by atoms with van der Waals surface area (Å²) in [6, 6.07) is 12.4. The molecule has 1 aromatic heterocycles. The number of anilines is 1. The third-order valence-electron chi connectivity index (χ3n) is 4.53. The van der Waals surface area contributed by atoms with Gasteiger partial charge in [-0.05, 0) is 48.4 Å². The molecule has 0 aliphatic carbocycles. The number of fused-ring (bicyclic) bond motifs is 1. The van der Waals surface area contributed by atoms with Crippen molar-refractivity contribution in [1.29, 1.82) is 0 Å². The number of aryl methyl sites for hydroxylation is 2. The summed E-state index contributed by atoms with van der Waals surface area (Å²) < 4.78 is 0. The Kier molecular flexibility index (Phi) is 6.75. The van der Waals surface area contributed by atoms with Crippen LogP contribution in [0, 0.1) is 6.92 Å². The molecule has 0 spiro atoms. The van der Waals surface area contributed by atoms with Gasteiger partial charge in [-0.1, -0.05) is 13.0 Å². The smallest absolute Gasteiger partial charge is 0.106 e. The van der Waals surface area contributed by atoms with Crippen molar-refractivity contribution in [1.82, 2.24) is 9.97 Å². The largest absolute Gasteiger partial charge is 0.369 e. The number of hydrogen-bond acceptors (Lipinski definition) is 3. The van der Waals surface area contributed by atoms with Crippen molar-refractivity contribution in [2.75, 3.05) is 29.7 Å². The van der Waals surface area contributed by atoms with Crippen molar-refractivity contribution >= 4 is 51.8 Å². The van der Waals surface area contributed by atoms with Crippen LogP contribution in [0.1, 0.15) is 23.9 Å². The first-order valence-corrected chi connectivity index (χ1v) is 10.2. The number of aliphatic imine (C=N–C) groups is 1. The van der Waals surface area contributed by atoms with Gasteiger partial charge in [-0.25, -0.2) is 4.98 Å². The maximum atomic E-state index is 5.91. The van der Waals surface area contributed by atoms with Crippen molar-refractivity contribution in [2.45, 2.75) is 20.3 Å². The molecular formula is C21H24Cl2N4. The van der Waals surface area contributed by atoms with Gasteiger partial charge in [0.2, 0.25) is 0 Å². The molecule has 0 radical (unpaired) electrons. The van der Waals surface area contributed by atoms with E-state index in [0.717, 1.165) is 53.3 Å². The summed E-state index contributed by atoms with van der Waals surface area (Å²) in [4.78, 5) is 14.7. The monoisotopic (exact) mass is 402 g/mol. The van der Waals surface area contributed by atoms with E-state index in [1.165, 1.54) is 5.56 Å². The van der Waals surface area contributed by atoms with Crippen LogP contribution in [-0.4, -0.2) is 41.0 Å². The number of aromatic amines is 1. The highest BCUT2D eigenvalue weighted by molar-refractivity contribution is 6.18. The van der Waals surface area contributed by atoms with Gasteiger partial charge in [-0.3, -0.25) is 4.99 Å². The zero-order valence-electron chi connectivity index (χ0n) is 15.7. The topological polar surface area (TPSA) is 44.3 Å². The normalized spacial score (nSPS) is 11.6. The Bertz CT molecular complexity index is 927. The fourth-order valence-corrected chi connectivity index (χ4v) is 3.43. The summed E-state index contributed by atoms with van der Waals surface area (Å²) in [5, 5.41) is 0. The minimum atomic E-state index is 0.578. The van der Waals surface area contributed by atoms with Crippen LogP contribution in [0.3, 0.4) is 0 Å². The van der Waals surface area contributed by atoms with Gasteiger partial charge in [-0.2, -0.15) is 0 Å². The quantitative estimate of drug-likeness (QED) is 0.401. The second-order valence-electron chi connectivity index (χ2n) is 6.40. The molecule has 3 rings (SSSR count). The molecule has 3 aromatic rings. The number of hydrogen-bond donors (Lipinski definition) is 1. The predicted molar refractivity (Wildman–Crippen MR) is 118 cm³/mol. The zero-order chi connectivity index (χ0) is 19.2. The van der Waals surface area contributed by atoms with E-state index in [1.54, 1.807) is 0 Å². The van der Waals surface area contributed by atoms with Crippen molar-refractivity contribution in [3.05, 3.63) is 53.3 Å². The lowest BCUT2D eigenvalue weighted by Crippen LogP contribution is -2.27. The van der Waals surface area contributed by atoms with E-state index in [2.05, 4.69) is 51.9 Å². The van der Waals surface area contributed by atoms with Gasteiger partial charge in [0.1, 0.15) is 5.82 Å². The molecule has 27 heavy (non-hydrogen) atoms. The van der Waals surface area contributed by atoms with Crippen LogP contribution in [0.4, 0.5) is 11.4 Å². The van der Waals surface area contributed by atoms with E-state index < -0.39 is 0 Å². The average Bonchev–Trinajstić information content (AvgIpc) is 3.09. The Balaban J connectivity index is 1.80. The van der Waals surface area contributed by atoms with E-state index in [4.69, 9.17) is 23.2 Å². The van der Waals surface area contributed by atoms with Crippen molar-refractivity contribution < 1.29 is 0 Å². The van der Waals surface area contributed by atoms with Gasteiger partial charge in [0.25, 0.3) is 0 Å². The summed E-state index contributed by atoms with van der Waals surface area (Å²) >= 11 is 11.8. The predicted octanol–water partition coefficient (Wildman–Crippen LogP) is 5.47. The number of halogens is 2. The SMILES string of the molecule is CCc1nc2ccc(N=Cc3ccc(N(CCCl)CCCl)cc3C)cc2[nH]1. The number of benzene rings is 2. The molecule has 142 valence electrons. The maximum absolute atomic E-state index is 5.91. The number of aromatic nitrogens is 2.